The van der Waals surface area contributed by atoms with Crippen LogP contribution in [-0.4, -0.2) is 32.9 Å². The molecule has 0 fully saturated rings. The van der Waals surface area contributed by atoms with E-state index in [2.05, 4.69) is 5.32 Å². The van der Waals surface area contributed by atoms with Crippen LogP contribution in [0, 0.1) is 0 Å². The Bertz CT molecular complexity index is 499. The van der Waals surface area contributed by atoms with Crippen molar-refractivity contribution in [1.29, 1.82) is 0 Å². The second-order valence-corrected chi connectivity index (χ2v) is 6.22. The Morgan fingerprint density at radius 1 is 1.28 bits per heavy atom. The zero-order valence-electron chi connectivity index (χ0n) is 10.9. The minimum absolute atomic E-state index is 0.292. The lowest BCUT2D eigenvalue weighted by Crippen LogP contribution is -2.30. The van der Waals surface area contributed by atoms with Crippen LogP contribution in [0.5, 0.6) is 0 Å². The third-order valence-electron chi connectivity index (χ3n) is 2.73. The van der Waals surface area contributed by atoms with Crippen LogP contribution < -0.4 is 5.32 Å². The molecule has 1 aromatic carbocycles. The van der Waals surface area contributed by atoms with Crippen molar-refractivity contribution in [3.63, 3.8) is 0 Å². The van der Waals surface area contributed by atoms with Gasteiger partial charge in [0.05, 0.1) is 4.90 Å². The third-order valence-corrected chi connectivity index (χ3v) is 5.14. The molecule has 0 aromatic heterocycles. The molecule has 0 saturated heterocycles. The van der Waals surface area contributed by atoms with E-state index in [1.807, 2.05) is 13.8 Å². The SMILES string of the molecule is CCN(CC)S(=O)(=O)c1ccc(Cl)c(CNC)c1. The van der Waals surface area contributed by atoms with Gasteiger partial charge >= 0.3 is 0 Å². The maximum atomic E-state index is 12.3. The fourth-order valence-electron chi connectivity index (χ4n) is 1.75. The van der Waals surface area contributed by atoms with Crippen LogP contribution in [0.15, 0.2) is 23.1 Å². The van der Waals surface area contributed by atoms with Gasteiger partial charge in [-0.3, -0.25) is 0 Å². The molecule has 0 unspecified atom stereocenters. The summed E-state index contributed by atoms with van der Waals surface area (Å²) in [7, 11) is -1.62. The van der Waals surface area contributed by atoms with Crippen molar-refractivity contribution in [2.24, 2.45) is 0 Å². The Morgan fingerprint density at radius 2 is 1.89 bits per heavy atom. The lowest BCUT2D eigenvalue weighted by atomic mass is 10.2. The van der Waals surface area contributed by atoms with Crippen LogP contribution in [0.1, 0.15) is 19.4 Å². The van der Waals surface area contributed by atoms with Gasteiger partial charge in [0, 0.05) is 24.7 Å². The third kappa shape index (κ3) is 3.23. The Kier molecular flexibility index (Phi) is 5.59. The molecule has 6 heteroatoms. The second kappa shape index (κ2) is 6.52. The Labute approximate surface area is 114 Å². The fourth-order valence-corrected chi connectivity index (χ4v) is 3.44. The smallest absolute Gasteiger partial charge is 0.243 e. The van der Waals surface area contributed by atoms with Gasteiger partial charge < -0.3 is 5.32 Å². The van der Waals surface area contributed by atoms with Crippen LogP contribution in [0.3, 0.4) is 0 Å². The van der Waals surface area contributed by atoms with E-state index < -0.39 is 10.0 Å². The highest BCUT2D eigenvalue weighted by Gasteiger charge is 2.22. The number of nitrogens with zero attached hydrogens (tertiary/aromatic N) is 1. The summed E-state index contributed by atoms with van der Waals surface area (Å²) in [6.45, 7) is 5.11. The van der Waals surface area contributed by atoms with Crippen molar-refractivity contribution in [3.05, 3.63) is 28.8 Å². The summed E-state index contributed by atoms with van der Waals surface area (Å²) >= 11 is 6.02. The van der Waals surface area contributed by atoms with Gasteiger partial charge in [0.2, 0.25) is 10.0 Å². The molecule has 4 nitrogen and oxygen atoms in total. The van der Waals surface area contributed by atoms with E-state index in [1.54, 1.807) is 25.2 Å². The first-order chi connectivity index (χ1) is 8.47. The molecule has 0 radical (unpaired) electrons. The normalized spacial score (nSPS) is 12.1. The molecule has 102 valence electrons. The lowest BCUT2D eigenvalue weighted by Gasteiger charge is -2.19. The van der Waals surface area contributed by atoms with Gasteiger partial charge in [0.15, 0.2) is 0 Å². The quantitative estimate of drug-likeness (QED) is 0.873. The Balaban J connectivity index is 3.21. The van der Waals surface area contributed by atoms with Crippen molar-refractivity contribution in [1.82, 2.24) is 9.62 Å². The van der Waals surface area contributed by atoms with Gasteiger partial charge in [-0.05, 0) is 30.8 Å². The average Bonchev–Trinajstić information content (AvgIpc) is 2.33. The first kappa shape index (κ1) is 15.4. The summed E-state index contributed by atoms with van der Waals surface area (Å²) in [5.74, 6) is 0. The van der Waals surface area contributed by atoms with Crippen LogP contribution in [-0.2, 0) is 16.6 Å². The van der Waals surface area contributed by atoms with Gasteiger partial charge in [0.25, 0.3) is 0 Å². The predicted molar refractivity (Wildman–Crippen MR) is 74.3 cm³/mol. The summed E-state index contributed by atoms with van der Waals surface area (Å²) < 4.78 is 26.1. The standard InChI is InChI=1S/C12H19ClN2O2S/c1-4-15(5-2)18(16,17)11-6-7-12(13)10(8-11)9-14-3/h6-8,14H,4-5,9H2,1-3H3. The van der Waals surface area contributed by atoms with Gasteiger partial charge in [0.1, 0.15) is 0 Å². The molecule has 0 bridgehead atoms. The van der Waals surface area contributed by atoms with Crippen LogP contribution >= 0.6 is 11.6 Å². The Morgan fingerprint density at radius 3 is 2.39 bits per heavy atom. The predicted octanol–water partition coefficient (Wildman–Crippen LogP) is 2.09. The van der Waals surface area contributed by atoms with Crippen LogP contribution in [0.2, 0.25) is 5.02 Å². The summed E-state index contributed by atoms with van der Waals surface area (Å²) in [6.07, 6.45) is 0. The molecule has 1 N–H and O–H groups in total. The van der Waals surface area contributed by atoms with Crippen molar-refractivity contribution in [2.45, 2.75) is 25.3 Å². The Hall–Kier alpha value is -0.620. The average molecular weight is 291 g/mol. The van der Waals surface area contributed by atoms with E-state index in [9.17, 15) is 8.42 Å². The van der Waals surface area contributed by atoms with E-state index in [4.69, 9.17) is 11.6 Å². The topological polar surface area (TPSA) is 49.4 Å². The molecular formula is C12H19ClN2O2S. The van der Waals surface area contributed by atoms with E-state index >= 15 is 0 Å². The van der Waals surface area contributed by atoms with E-state index in [0.29, 0.717) is 29.6 Å². The second-order valence-electron chi connectivity index (χ2n) is 3.87. The van der Waals surface area contributed by atoms with E-state index in [-0.39, 0.29) is 0 Å². The number of halogens is 1. The monoisotopic (exact) mass is 290 g/mol. The molecule has 0 aliphatic rings. The molecular weight excluding hydrogens is 272 g/mol. The number of rotatable bonds is 6. The van der Waals surface area contributed by atoms with Crippen LogP contribution in [0.25, 0.3) is 0 Å². The van der Waals surface area contributed by atoms with Gasteiger partial charge in [-0.1, -0.05) is 25.4 Å². The van der Waals surface area contributed by atoms with Crippen molar-refractivity contribution in [2.75, 3.05) is 20.1 Å². The highest BCUT2D eigenvalue weighted by Crippen LogP contribution is 2.22. The van der Waals surface area contributed by atoms with Crippen molar-refractivity contribution in [3.8, 4) is 0 Å². The van der Waals surface area contributed by atoms with E-state index in [1.165, 1.54) is 4.31 Å². The largest absolute Gasteiger partial charge is 0.316 e. The van der Waals surface area contributed by atoms with Gasteiger partial charge in [-0.25, -0.2) is 8.42 Å². The number of hydrogen-bond donors (Lipinski definition) is 1. The molecule has 1 aromatic rings. The number of benzene rings is 1. The van der Waals surface area contributed by atoms with E-state index in [0.717, 1.165) is 5.56 Å². The minimum Gasteiger partial charge on any atom is -0.316 e. The molecule has 0 amide bonds. The molecule has 0 spiro atoms. The first-order valence-corrected chi connectivity index (χ1v) is 7.72. The van der Waals surface area contributed by atoms with Gasteiger partial charge in [-0.2, -0.15) is 4.31 Å². The molecule has 0 heterocycles. The molecule has 1 rings (SSSR count). The molecule has 18 heavy (non-hydrogen) atoms. The highest BCUT2D eigenvalue weighted by atomic mass is 35.5. The lowest BCUT2D eigenvalue weighted by molar-refractivity contribution is 0.445. The molecule has 0 aliphatic carbocycles. The molecule has 0 aliphatic heterocycles. The van der Waals surface area contributed by atoms with Crippen molar-refractivity contribution < 1.29 is 8.42 Å². The van der Waals surface area contributed by atoms with Crippen LogP contribution in [0.4, 0.5) is 0 Å². The first-order valence-electron chi connectivity index (χ1n) is 5.90. The summed E-state index contributed by atoms with van der Waals surface area (Å²) in [5.41, 5.74) is 0.785. The zero-order valence-corrected chi connectivity index (χ0v) is 12.5. The summed E-state index contributed by atoms with van der Waals surface area (Å²) in [6, 6.07) is 4.81. The maximum Gasteiger partial charge on any atom is 0.243 e. The summed E-state index contributed by atoms with van der Waals surface area (Å²) in [4.78, 5) is 0.292. The van der Waals surface area contributed by atoms with Gasteiger partial charge in [-0.15, -0.1) is 0 Å². The number of nitrogens with one attached hydrogen (secondary N) is 1. The number of sulfonamides is 1. The molecule has 0 saturated carbocycles. The fraction of sp³-hybridized carbons (Fsp3) is 0.500. The number of hydrogen-bond acceptors (Lipinski definition) is 3. The highest BCUT2D eigenvalue weighted by molar-refractivity contribution is 7.89. The maximum absolute atomic E-state index is 12.3. The zero-order chi connectivity index (χ0) is 13.8. The molecule has 0 atom stereocenters. The summed E-state index contributed by atoms with van der Waals surface area (Å²) in [5, 5.41) is 3.54. The minimum atomic E-state index is -3.41. The van der Waals surface area contributed by atoms with Crippen molar-refractivity contribution >= 4 is 21.6 Å².